The number of hydrogen-bond acceptors (Lipinski definition) is 4. The summed E-state index contributed by atoms with van der Waals surface area (Å²) in [6, 6.07) is 5.58. The summed E-state index contributed by atoms with van der Waals surface area (Å²) in [5.41, 5.74) is 8.19. The summed E-state index contributed by atoms with van der Waals surface area (Å²) in [4.78, 5) is 4.38. The van der Waals surface area contributed by atoms with E-state index >= 15 is 0 Å². The first-order valence-corrected chi connectivity index (χ1v) is 6.12. The molecule has 0 radical (unpaired) electrons. The number of imidazole rings is 1. The number of anilines is 1. The van der Waals surface area contributed by atoms with Crippen LogP contribution in [0.15, 0.2) is 18.2 Å². The molecule has 1 unspecified atom stereocenters. The number of rotatable bonds is 5. The minimum atomic E-state index is -0.0899. The number of fused-ring (bicyclic) bond motifs is 1. The molecule has 0 saturated carbocycles. The van der Waals surface area contributed by atoms with Crippen LogP contribution in [0.25, 0.3) is 11.0 Å². The lowest BCUT2D eigenvalue weighted by Crippen LogP contribution is -2.18. The Kier molecular flexibility index (Phi) is 3.84. The van der Waals surface area contributed by atoms with Crippen molar-refractivity contribution in [3.63, 3.8) is 0 Å². The van der Waals surface area contributed by atoms with Gasteiger partial charge in [-0.25, -0.2) is 4.98 Å². The highest BCUT2D eigenvalue weighted by Crippen LogP contribution is 2.20. The number of aliphatic hydroxyl groups is 1. The minimum absolute atomic E-state index is 0.0789. The Morgan fingerprint density at radius 2 is 2.28 bits per heavy atom. The van der Waals surface area contributed by atoms with Gasteiger partial charge in [0.1, 0.15) is 12.4 Å². The topological polar surface area (TPSA) is 73.3 Å². The fraction of sp³-hybridized carbons (Fsp3) is 0.462. The molecule has 5 heteroatoms. The molecule has 3 N–H and O–H groups in total. The van der Waals surface area contributed by atoms with E-state index in [-0.39, 0.29) is 12.7 Å². The van der Waals surface area contributed by atoms with E-state index in [1.54, 1.807) is 0 Å². The second-order valence-electron chi connectivity index (χ2n) is 4.31. The SMILES string of the molecule is CCOC(C)Cn1c(CO)nc2cc(N)ccc21. The average molecular weight is 249 g/mol. The monoisotopic (exact) mass is 249 g/mol. The van der Waals surface area contributed by atoms with Crippen molar-refractivity contribution in [2.45, 2.75) is 33.1 Å². The molecular weight excluding hydrogens is 230 g/mol. The average Bonchev–Trinajstić information content (AvgIpc) is 2.66. The number of ether oxygens (including phenoxy) is 1. The van der Waals surface area contributed by atoms with Gasteiger partial charge in [0, 0.05) is 12.3 Å². The Hall–Kier alpha value is -1.59. The predicted octanol–water partition coefficient (Wildman–Crippen LogP) is 1.54. The van der Waals surface area contributed by atoms with Gasteiger partial charge in [0.05, 0.1) is 23.7 Å². The second-order valence-corrected chi connectivity index (χ2v) is 4.31. The van der Waals surface area contributed by atoms with Gasteiger partial charge in [0.2, 0.25) is 0 Å². The Morgan fingerprint density at radius 1 is 1.50 bits per heavy atom. The summed E-state index contributed by atoms with van der Waals surface area (Å²) in [6.45, 7) is 5.23. The number of nitrogens with zero attached hydrogens (tertiary/aromatic N) is 2. The van der Waals surface area contributed by atoms with Crippen LogP contribution < -0.4 is 5.73 Å². The molecule has 0 fully saturated rings. The zero-order valence-electron chi connectivity index (χ0n) is 10.8. The standard InChI is InChI=1S/C13H19N3O2/c1-3-18-9(2)7-16-12-5-4-10(14)6-11(12)15-13(16)8-17/h4-6,9,17H,3,7-8,14H2,1-2H3. The van der Waals surface area contributed by atoms with Crippen LogP contribution in [0, 0.1) is 0 Å². The van der Waals surface area contributed by atoms with Crippen LogP contribution in [0.4, 0.5) is 5.69 Å². The molecular formula is C13H19N3O2. The van der Waals surface area contributed by atoms with Crippen molar-refractivity contribution in [1.29, 1.82) is 0 Å². The Morgan fingerprint density at radius 3 is 2.94 bits per heavy atom. The normalized spacial score (nSPS) is 13.1. The van der Waals surface area contributed by atoms with E-state index in [2.05, 4.69) is 4.98 Å². The summed E-state index contributed by atoms with van der Waals surface area (Å²) in [5.74, 6) is 0.641. The van der Waals surface area contributed by atoms with E-state index in [4.69, 9.17) is 10.5 Å². The highest BCUT2D eigenvalue weighted by Gasteiger charge is 2.12. The summed E-state index contributed by atoms with van der Waals surface area (Å²) in [7, 11) is 0. The number of aromatic nitrogens is 2. The van der Waals surface area contributed by atoms with Gasteiger partial charge in [-0.1, -0.05) is 0 Å². The molecule has 1 aromatic heterocycles. The van der Waals surface area contributed by atoms with E-state index in [0.717, 1.165) is 11.0 Å². The molecule has 98 valence electrons. The molecule has 2 aromatic rings. The van der Waals surface area contributed by atoms with E-state index in [1.807, 2.05) is 36.6 Å². The third kappa shape index (κ3) is 2.47. The van der Waals surface area contributed by atoms with Gasteiger partial charge in [0.15, 0.2) is 0 Å². The Balaban J connectivity index is 2.40. The highest BCUT2D eigenvalue weighted by molar-refractivity contribution is 5.79. The van der Waals surface area contributed by atoms with Crippen molar-refractivity contribution in [3.8, 4) is 0 Å². The number of nitrogen functional groups attached to an aromatic ring is 1. The van der Waals surface area contributed by atoms with Crippen LogP contribution in [0.3, 0.4) is 0 Å². The van der Waals surface area contributed by atoms with Crippen LogP contribution >= 0.6 is 0 Å². The zero-order chi connectivity index (χ0) is 13.1. The summed E-state index contributed by atoms with van der Waals surface area (Å²) < 4.78 is 7.51. The van der Waals surface area contributed by atoms with Gasteiger partial charge in [0.25, 0.3) is 0 Å². The summed E-state index contributed by atoms with van der Waals surface area (Å²) in [6.07, 6.45) is 0.0789. The maximum atomic E-state index is 9.38. The molecule has 18 heavy (non-hydrogen) atoms. The van der Waals surface area contributed by atoms with Gasteiger partial charge >= 0.3 is 0 Å². The summed E-state index contributed by atoms with van der Waals surface area (Å²) in [5, 5.41) is 9.38. The van der Waals surface area contributed by atoms with Crippen molar-refractivity contribution in [2.24, 2.45) is 0 Å². The molecule has 1 heterocycles. The molecule has 0 aliphatic carbocycles. The van der Waals surface area contributed by atoms with Crippen molar-refractivity contribution in [3.05, 3.63) is 24.0 Å². The maximum Gasteiger partial charge on any atom is 0.135 e. The third-order valence-electron chi connectivity index (χ3n) is 2.88. The van der Waals surface area contributed by atoms with Gasteiger partial charge in [-0.3, -0.25) is 0 Å². The number of hydrogen-bond donors (Lipinski definition) is 2. The molecule has 0 amide bonds. The molecule has 1 aromatic carbocycles. The first-order chi connectivity index (χ1) is 8.65. The fourth-order valence-electron chi connectivity index (χ4n) is 2.12. The lowest BCUT2D eigenvalue weighted by atomic mass is 10.2. The molecule has 5 nitrogen and oxygen atoms in total. The second kappa shape index (κ2) is 5.37. The van der Waals surface area contributed by atoms with E-state index in [9.17, 15) is 5.11 Å². The van der Waals surface area contributed by atoms with Gasteiger partial charge < -0.3 is 20.1 Å². The van der Waals surface area contributed by atoms with Crippen molar-refractivity contribution >= 4 is 16.7 Å². The van der Waals surface area contributed by atoms with E-state index < -0.39 is 0 Å². The van der Waals surface area contributed by atoms with Gasteiger partial charge in [-0.15, -0.1) is 0 Å². The first-order valence-electron chi connectivity index (χ1n) is 6.12. The Bertz CT molecular complexity index is 536. The van der Waals surface area contributed by atoms with Crippen LogP contribution in [-0.4, -0.2) is 27.4 Å². The molecule has 1 atom stereocenters. The first kappa shape index (κ1) is 12.9. The van der Waals surface area contributed by atoms with Crippen LogP contribution in [0.1, 0.15) is 19.7 Å². The number of nitrogens with two attached hydrogens (primary N) is 1. The molecule has 2 rings (SSSR count). The van der Waals surface area contributed by atoms with Crippen LogP contribution in [-0.2, 0) is 17.9 Å². The van der Waals surface area contributed by atoms with E-state index in [0.29, 0.717) is 24.7 Å². The lowest BCUT2D eigenvalue weighted by Gasteiger charge is -2.14. The quantitative estimate of drug-likeness (QED) is 0.788. The maximum absolute atomic E-state index is 9.38. The van der Waals surface area contributed by atoms with Gasteiger partial charge in [-0.05, 0) is 32.0 Å². The third-order valence-corrected chi connectivity index (χ3v) is 2.88. The van der Waals surface area contributed by atoms with E-state index in [1.165, 1.54) is 0 Å². The van der Waals surface area contributed by atoms with Crippen molar-refractivity contribution in [1.82, 2.24) is 9.55 Å². The molecule has 0 aliphatic rings. The lowest BCUT2D eigenvalue weighted by molar-refractivity contribution is 0.0634. The Labute approximate surface area is 106 Å². The van der Waals surface area contributed by atoms with Crippen LogP contribution in [0.5, 0.6) is 0 Å². The summed E-state index contributed by atoms with van der Waals surface area (Å²) >= 11 is 0. The van der Waals surface area contributed by atoms with Crippen LogP contribution in [0.2, 0.25) is 0 Å². The molecule has 0 bridgehead atoms. The van der Waals surface area contributed by atoms with Crippen molar-refractivity contribution < 1.29 is 9.84 Å². The number of aliphatic hydroxyl groups excluding tert-OH is 1. The van der Waals surface area contributed by atoms with Gasteiger partial charge in [-0.2, -0.15) is 0 Å². The largest absolute Gasteiger partial charge is 0.399 e. The number of benzene rings is 1. The molecule has 0 aliphatic heterocycles. The molecule has 0 saturated heterocycles. The highest BCUT2D eigenvalue weighted by atomic mass is 16.5. The smallest absolute Gasteiger partial charge is 0.135 e. The predicted molar refractivity (Wildman–Crippen MR) is 71.2 cm³/mol. The zero-order valence-corrected chi connectivity index (χ0v) is 10.8. The van der Waals surface area contributed by atoms with Crippen molar-refractivity contribution in [2.75, 3.05) is 12.3 Å². The minimum Gasteiger partial charge on any atom is -0.399 e. The molecule has 0 spiro atoms. The fourth-order valence-corrected chi connectivity index (χ4v) is 2.12.